The maximum Gasteiger partial charge on any atom is 0.318 e. The Labute approximate surface area is 207 Å². The Morgan fingerprint density at radius 3 is 2.47 bits per heavy atom. The van der Waals surface area contributed by atoms with Crippen LogP contribution in [-0.4, -0.2) is 43.9 Å². The maximum absolute atomic E-state index is 12.3. The summed E-state index contributed by atoms with van der Waals surface area (Å²) in [7, 11) is -3.82. The minimum absolute atomic E-state index is 0.134. The molecule has 7 nitrogen and oxygen atoms in total. The van der Waals surface area contributed by atoms with Crippen molar-refractivity contribution >= 4 is 27.3 Å². The smallest absolute Gasteiger partial charge is 0.318 e. The summed E-state index contributed by atoms with van der Waals surface area (Å²) in [6.45, 7) is 9.71. The molecule has 2 atom stereocenters. The average molecular weight is 512 g/mol. The molecule has 0 amide bonds. The van der Waals surface area contributed by atoms with Crippen molar-refractivity contribution in [3.63, 3.8) is 0 Å². The predicted octanol–water partition coefficient (Wildman–Crippen LogP) is 4.59. The number of hydrogen-bond donors (Lipinski definition) is 3. The summed E-state index contributed by atoms with van der Waals surface area (Å²) in [5.41, 5.74) is 2.04. The van der Waals surface area contributed by atoms with Crippen LogP contribution in [0.25, 0.3) is 0 Å². The van der Waals surface area contributed by atoms with E-state index in [1.54, 1.807) is 6.07 Å². The number of rotatable bonds is 13. The second-order valence-electron chi connectivity index (χ2n) is 9.51. The molecule has 0 radical (unpaired) electrons. The van der Waals surface area contributed by atoms with Crippen LogP contribution in [0.15, 0.2) is 34.5 Å². The number of aliphatic hydroxyl groups is 1. The summed E-state index contributed by atoms with van der Waals surface area (Å²) in [6.07, 6.45) is 2.84. The summed E-state index contributed by atoms with van der Waals surface area (Å²) >= 11 is 1.19. The third kappa shape index (κ3) is 8.08. The lowest BCUT2D eigenvalue weighted by Gasteiger charge is -2.26. The summed E-state index contributed by atoms with van der Waals surface area (Å²) in [5.74, 6) is -0.222. The highest BCUT2D eigenvalue weighted by atomic mass is 32.2. The molecular weight excluding hydrogens is 474 g/mol. The molecule has 34 heavy (non-hydrogen) atoms. The quantitative estimate of drug-likeness (QED) is 0.363. The van der Waals surface area contributed by atoms with Crippen LogP contribution in [-0.2, 0) is 27.7 Å². The molecule has 0 aliphatic heterocycles. The van der Waals surface area contributed by atoms with Gasteiger partial charge in [-0.05, 0) is 66.3 Å². The summed E-state index contributed by atoms with van der Waals surface area (Å²) in [6, 6.07) is 9.52. The minimum atomic E-state index is -3.82. The number of hydrogen-bond acceptors (Lipinski definition) is 6. The van der Waals surface area contributed by atoms with Crippen molar-refractivity contribution in [3.05, 3.63) is 46.3 Å². The van der Waals surface area contributed by atoms with Crippen LogP contribution in [0, 0.1) is 5.41 Å². The number of aryl methyl sites for hydroxylation is 2. The van der Waals surface area contributed by atoms with Crippen LogP contribution in [0.2, 0.25) is 0 Å². The number of thiophene rings is 1. The molecule has 0 saturated heterocycles. The zero-order chi connectivity index (χ0) is 25.5. The van der Waals surface area contributed by atoms with E-state index in [1.165, 1.54) is 16.9 Å². The van der Waals surface area contributed by atoms with Crippen LogP contribution in [0.5, 0.6) is 5.75 Å². The van der Waals surface area contributed by atoms with E-state index in [9.17, 15) is 18.3 Å². The van der Waals surface area contributed by atoms with Crippen molar-refractivity contribution < 1.29 is 28.2 Å². The lowest BCUT2D eigenvalue weighted by Crippen LogP contribution is -2.32. The largest absolute Gasteiger partial charge is 0.491 e. The van der Waals surface area contributed by atoms with Gasteiger partial charge < -0.3 is 14.9 Å². The second-order valence-corrected chi connectivity index (χ2v) is 12.6. The SMILES string of the molecule is CCc1cc(CCC(CC)c2ccc(S(=O)(=O)NCC(=O)O)s2)ccc1OCC(O)C(C)(C)C. The molecule has 9 heteroatoms. The van der Waals surface area contributed by atoms with E-state index in [2.05, 4.69) is 24.6 Å². The average Bonchev–Trinajstić information content (AvgIpc) is 3.27. The molecule has 0 saturated carbocycles. The Morgan fingerprint density at radius 2 is 1.88 bits per heavy atom. The van der Waals surface area contributed by atoms with Gasteiger partial charge in [-0.3, -0.25) is 4.79 Å². The maximum atomic E-state index is 12.3. The third-order valence-corrected chi connectivity index (χ3v) is 9.00. The Kier molecular flexibility index (Phi) is 10.1. The normalized spacial score (nSPS) is 14.1. The fraction of sp³-hybridized carbons (Fsp3) is 0.560. The van der Waals surface area contributed by atoms with Gasteiger partial charge in [0.15, 0.2) is 0 Å². The van der Waals surface area contributed by atoms with Crippen molar-refractivity contribution in [2.45, 2.75) is 76.5 Å². The summed E-state index contributed by atoms with van der Waals surface area (Å²) in [4.78, 5) is 11.7. The molecule has 0 fully saturated rings. The lowest BCUT2D eigenvalue weighted by atomic mass is 9.90. The number of carbonyl (C=O) groups is 1. The highest BCUT2D eigenvalue weighted by molar-refractivity contribution is 7.91. The molecule has 0 aliphatic carbocycles. The van der Waals surface area contributed by atoms with Gasteiger partial charge in [0.05, 0.1) is 6.10 Å². The number of aliphatic hydroxyl groups excluding tert-OH is 1. The molecule has 0 spiro atoms. The summed E-state index contributed by atoms with van der Waals surface area (Å²) < 4.78 is 32.7. The Hall–Kier alpha value is -1.94. The highest BCUT2D eigenvalue weighted by Gasteiger charge is 2.23. The van der Waals surface area contributed by atoms with Crippen LogP contribution in [0.3, 0.4) is 0 Å². The number of benzene rings is 1. The molecule has 2 rings (SSSR count). The van der Waals surface area contributed by atoms with Crippen LogP contribution in [0.1, 0.15) is 69.4 Å². The van der Waals surface area contributed by atoms with Gasteiger partial charge in [0, 0.05) is 4.88 Å². The van der Waals surface area contributed by atoms with E-state index in [0.29, 0.717) is 0 Å². The van der Waals surface area contributed by atoms with E-state index in [1.807, 2.05) is 39.0 Å². The molecule has 2 aromatic rings. The second kappa shape index (κ2) is 12.2. The zero-order valence-electron chi connectivity index (χ0n) is 20.6. The van der Waals surface area contributed by atoms with Crippen molar-refractivity contribution in [2.24, 2.45) is 5.41 Å². The first-order valence-electron chi connectivity index (χ1n) is 11.6. The van der Waals surface area contributed by atoms with E-state index in [4.69, 9.17) is 9.84 Å². The van der Waals surface area contributed by atoms with Crippen molar-refractivity contribution in [3.8, 4) is 5.75 Å². The van der Waals surface area contributed by atoms with Crippen LogP contribution >= 0.6 is 11.3 Å². The van der Waals surface area contributed by atoms with Crippen molar-refractivity contribution in [2.75, 3.05) is 13.2 Å². The van der Waals surface area contributed by atoms with Crippen molar-refractivity contribution in [1.29, 1.82) is 0 Å². The van der Waals surface area contributed by atoms with Crippen LogP contribution < -0.4 is 9.46 Å². The van der Waals surface area contributed by atoms with Gasteiger partial charge in [-0.1, -0.05) is 46.8 Å². The minimum Gasteiger partial charge on any atom is -0.491 e. The van der Waals surface area contributed by atoms with E-state index in [-0.39, 0.29) is 22.1 Å². The first-order valence-corrected chi connectivity index (χ1v) is 13.9. The van der Waals surface area contributed by atoms with Gasteiger partial charge >= 0.3 is 5.97 Å². The van der Waals surface area contributed by atoms with Gasteiger partial charge in [-0.2, -0.15) is 4.72 Å². The molecule has 3 N–H and O–H groups in total. The van der Waals surface area contributed by atoms with Gasteiger partial charge in [-0.15, -0.1) is 11.3 Å². The van der Waals surface area contributed by atoms with E-state index < -0.39 is 28.6 Å². The highest BCUT2D eigenvalue weighted by Crippen LogP contribution is 2.33. The fourth-order valence-electron chi connectivity index (χ4n) is 3.44. The molecule has 1 heterocycles. The predicted molar refractivity (Wildman–Crippen MR) is 135 cm³/mol. The number of sulfonamides is 1. The molecule has 190 valence electrons. The molecule has 0 bridgehead atoms. The zero-order valence-corrected chi connectivity index (χ0v) is 22.3. The number of carboxylic acid groups (broad SMARTS) is 1. The van der Waals surface area contributed by atoms with E-state index >= 15 is 0 Å². The number of ether oxygens (including phenoxy) is 1. The number of nitrogens with one attached hydrogen (secondary N) is 1. The van der Waals surface area contributed by atoms with Crippen LogP contribution in [0.4, 0.5) is 0 Å². The Morgan fingerprint density at radius 1 is 1.18 bits per heavy atom. The standard InChI is InChI=1S/C25H37NO6S2/c1-6-18(21-12-13-24(33-21)34(30,31)26-15-23(28)29)10-8-17-9-11-20(19(7-2)14-17)32-16-22(27)25(3,4)5/h9,11-14,18,22,26-27H,6-8,10,15-16H2,1-5H3,(H,28,29). The lowest BCUT2D eigenvalue weighted by molar-refractivity contribution is -0.135. The molecule has 1 aromatic heterocycles. The topological polar surface area (TPSA) is 113 Å². The Bertz CT molecular complexity index is 1060. The third-order valence-electron chi connectivity index (χ3n) is 5.86. The summed E-state index contributed by atoms with van der Waals surface area (Å²) in [5, 5.41) is 19.0. The number of carboxylic acids is 1. The monoisotopic (exact) mass is 511 g/mol. The van der Waals surface area contributed by atoms with Gasteiger partial charge in [-0.25, -0.2) is 8.42 Å². The molecule has 2 unspecified atom stereocenters. The molecule has 0 aliphatic rings. The first-order chi connectivity index (χ1) is 15.9. The molecular formula is C25H37NO6S2. The van der Waals surface area contributed by atoms with Gasteiger partial charge in [0.1, 0.15) is 23.1 Å². The Balaban J connectivity index is 2.05. The van der Waals surface area contributed by atoms with Crippen molar-refractivity contribution in [1.82, 2.24) is 4.72 Å². The fourth-order valence-corrected chi connectivity index (χ4v) is 6.00. The van der Waals surface area contributed by atoms with E-state index in [0.717, 1.165) is 41.9 Å². The van der Waals surface area contributed by atoms with Gasteiger partial charge in [0.2, 0.25) is 0 Å². The van der Waals surface area contributed by atoms with Gasteiger partial charge in [0.25, 0.3) is 10.0 Å². The first kappa shape index (κ1) is 28.3. The number of aliphatic carboxylic acids is 1. The molecule has 1 aromatic carbocycles.